The van der Waals surface area contributed by atoms with Gasteiger partial charge in [-0.15, -0.1) is 0 Å². The Morgan fingerprint density at radius 3 is 1.40 bits per heavy atom. The molecule has 0 aliphatic carbocycles. The van der Waals surface area contributed by atoms with Crippen LogP contribution in [0.1, 0.15) is 88.6 Å². The number of esters is 3. The third kappa shape index (κ3) is 24.0. The van der Waals surface area contributed by atoms with Crippen molar-refractivity contribution >= 4 is 29.9 Å². The summed E-state index contributed by atoms with van der Waals surface area (Å²) in [5.74, 6) is -1.04. The van der Waals surface area contributed by atoms with E-state index in [0.717, 1.165) is 11.8 Å². The highest BCUT2D eigenvalue weighted by atomic mass is 16.6. The Hall–Kier alpha value is -3.10. The first-order chi connectivity index (χ1) is 24.3. The molecule has 1 aliphatic rings. The van der Waals surface area contributed by atoms with E-state index in [9.17, 15) is 19.2 Å². The molecule has 0 saturated carbocycles. The van der Waals surface area contributed by atoms with Crippen molar-refractivity contribution in [1.82, 2.24) is 19.6 Å². The van der Waals surface area contributed by atoms with Crippen LogP contribution in [0.25, 0.3) is 0 Å². The van der Waals surface area contributed by atoms with Crippen molar-refractivity contribution in [2.24, 2.45) is 0 Å². The van der Waals surface area contributed by atoms with Crippen LogP contribution in [-0.4, -0.2) is 151 Å². The largest absolute Gasteiger partial charge is 0.459 e. The first-order valence-corrected chi connectivity index (χ1v) is 18.7. The van der Waals surface area contributed by atoms with Crippen LogP contribution in [0.4, 0.5) is 5.69 Å². The normalized spacial score (nSPS) is 18.1. The number of rotatable bonds is 10. The lowest BCUT2D eigenvalue weighted by atomic mass is 10.0. The zero-order valence-electron chi connectivity index (χ0n) is 35.1. The summed E-state index contributed by atoms with van der Waals surface area (Å²) in [6.45, 7) is 26.3. The van der Waals surface area contributed by atoms with Crippen molar-refractivity contribution in [2.75, 3.05) is 84.8 Å². The van der Waals surface area contributed by atoms with Crippen LogP contribution in [0, 0.1) is 0 Å². The van der Waals surface area contributed by atoms with E-state index in [4.69, 9.17) is 24.7 Å². The molecule has 1 atom stereocenters. The smallest absolute Gasteiger partial charge is 0.320 e. The summed E-state index contributed by atoms with van der Waals surface area (Å²) in [6.07, 6.45) is 1.47. The third-order valence-electron chi connectivity index (χ3n) is 7.85. The SMILES string of the molecule is CC(C)(C)OC(=O)CN1CCN(CC(=O)OC(C)(C)C)CCN(CC(=O)OC(C)(C)C)C(Cc2ccc(N)cc2)CN(CC=O)CC1.COC(C)(C)C. The summed E-state index contributed by atoms with van der Waals surface area (Å²) in [5, 5.41) is 0. The molecule has 2 rings (SSSR count). The third-order valence-corrected chi connectivity index (χ3v) is 7.85. The molecule has 304 valence electrons. The summed E-state index contributed by atoms with van der Waals surface area (Å²) in [4.78, 5) is 59.1. The molecule has 0 spiro atoms. The molecule has 53 heavy (non-hydrogen) atoms. The van der Waals surface area contributed by atoms with Crippen molar-refractivity contribution in [3.05, 3.63) is 29.8 Å². The van der Waals surface area contributed by atoms with Crippen LogP contribution in [0.2, 0.25) is 0 Å². The molecule has 1 aromatic carbocycles. The number of aldehydes is 1. The first kappa shape index (κ1) is 47.9. The van der Waals surface area contributed by atoms with Gasteiger partial charge in [0.1, 0.15) is 23.1 Å². The van der Waals surface area contributed by atoms with E-state index in [1.54, 1.807) is 7.11 Å². The molecule has 1 aliphatic heterocycles. The predicted molar refractivity (Wildman–Crippen MR) is 210 cm³/mol. The molecule has 0 aromatic heterocycles. The second-order valence-electron chi connectivity index (χ2n) is 17.6. The van der Waals surface area contributed by atoms with Gasteiger partial charge in [0, 0.05) is 64.7 Å². The number of carbonyl (C=O) groups is 4. The highest BCUT2D eigenvalue weighted by Gasteiger charge is 2.29. The molecular weight excluding hydrogens is 678 g/mol. The molecule has 0 radical (unpaired) electrons. The summed E-state index contributed by atoms with van der Waals surface area (Å²) in [5.41, 5.74) is 5.78. The van der Waals surface area contributed by atoms with Crippen LogP contribution in [-0.2, 0) is 44.5 Å². The van der Waals surface area contributed by atoms with E-state index in [1.807, 2.05) is 117 Å². The number of nitrogens with two attached hydrogens (primary N) is 1. The van der Waals surface area contributed by atoms with E-state index >= 15 is 0 Å². The molecule has 2 N–H and O–H groups in total. The summed E-state index contributed by atoms with van der Waals surface area (Å²) in [6, 6.07) is 7.46. The number of methoxy groups -OCH3 is 1. The number of nitrogen functional groups attached to an aromatic ring is 1. The van der Waals surface area contributed by atoms with Gasteiger partial charge in [-0.1, -0.05) is 12.1 Å². The standard InChI is InChI=1S/C35H59N5O7.C5H12O/c1-33(2,3)45-30(42)24-37-14-15-38(25-31(43)46-34(4,5)6)18-19-40(26-32(44)47-35(7,8)9)29(23-39(17-16-37)20-21-41)22-27-10-12-28(36)13-11-27;1-5(2,3)6-4/h10-13,21,29H,14-20,22-26,36H2,1-9H3;1-4H3. The fourth-order valence-corrected chi connectivity index (χ4v) is 5.31. The van der Waals surface area contributed by atoms with Gasteiger partial charge in [-0.2, -0.15) is 0 Å². The molecule has 1 fully saturated rings. The maximum atomic E-state index is 13.2. The molecule has 1 saturated heterocycles. The monoisotopic (exact) mass is 750 g/mol. The number of hydrogen-bond acceptors (Lipinski definition) is 13. The van der Waals surface area contributed by atoms with Crippen LogP contribution < -0.4 is 5.73 Å². The van der Waals surface area contributed by atoms with Gasteiger partial charge in [0.15, 0.2) is 0 Å². The number of nitrogens with zero attached hydrogens (tertiary/aromatic N) is 4. The van der Waals surface area contributed by atoms with Crippen molar-refractivity contribution in [3.63, 3.8) is 0 Å². The molecule has 1 aromatic rings. The Labute approximate surface area is 319 Å². The Morgan fingerprint density at radius 2 is 1.02 bits per heavy atom. The van der Waals surface area contributed by atoms with Crippen molar-refractivity contribution in [3.8, 4) is 0 Å². The molecule has 1 unspecified atom stereocenters. The predicted octanol–water partition coefficient (Wildman–Crippen LogP) is 4.06. The fraction of sp³-hybridized carbons (Fsp3) is 0.750. The first-order valence-electron chi connectivity index (χ1n) is 18.7. The Bertz CT molecular complexity index is 1260. The van der Waals surface area contributed by atoms with Gasteiger partial charge >= 0.3 is 17.9 Å². The summed E-state index contributed by atoms with van der Waals surface area (Å²) in [7, 11) is 1.71. The topological polar surface area (TPSA) is 144 Å². The van der Waals surface area contributed by atoms with Gasteiger partial charge in [-0.05, 0) is 107 Å². The highest BCUT2D eigenvalue weighted by Crippen LogP contribution is 2.17. The van der Waals surface area contributed by atoms with E-state index in [1.165, 1.54) is 0 Å². The minimum Gasteiger partial charge on any atom is -0.459 e. The zero-order chi connectivity index (χ0) is 40.6. The maximum Gasteiger partial charge on any atom is 0.320 e. The molecule has 13 nitrogen and oxygen atoms in total. The van der Waals surface area contributed by atoms with Crippen molar-refractivity contribution < 1.29 is 38.1 Å². The minimum atomic E-state index is -0.653. The number of hydrogen-bond donors (Lipinski definition) is 1. The lowest BCUT2D eigenvalue weighted by Crippen LogP contribution is -2.53. The average Bonchev–Trinajstić information content (AvgIpc) is 2.97. The Balaban J connectivity index is 0.00000215. The lowest BCUT2D eigenvalue weighted by Gasteiger charge is -2.38. The van der Waals surface area contributed by atoms with Gasteiger partial charge in [-0.25, -0.2) is 0 Å². The van der Waals surface area contributed by atoms with E-state index in [-0.39, 0.29) is 55.7 Å². The molecule has 13 heteroatoms. The number of carbonyl (C=O) groups excluding carboxylic acids is 4. The number of anilines is 1. The quantitative estimate of drug-likeness (QED) is 0.159. The fourth-order valence-electron chi connectivity index (χ4n) is 5.31. The second-order valence-corrected chi connectivity index (χ2v) is 17.6. The van der Waals surface area contributed by atoms with Crippen molar-refractivity contribution in [1.29, 1.82) is 0 Å². The van der Waals surface area contributed by atoms with Crippen molar-refractivity contribution in [2.45, 2.75) is 118 Å². The molecule has 0 bridgehead atoms. The number of benzene rings is 1. The van der Waals surface area contributed by atoms with Gasteiger partial charge < -0.3 is 29.5 Å². The maximum absolute atomic E-state index is 13.2. The van der Waals surface area contributed by atoms with Gasteiger partial charge in [-0.3, -0.25) is 34.0 Å². The molecular formula is C40H71N5O8. The minimum absolute atomic E-state index is 0.0386. The summed E-state index contributed by atoms with van der Waals surface area (Å²) >= 11 is 0. The van der Waals surface area contributed by atoms with Gasteiger partial charge in [0.25, 0.3) is 0 Å². The Kier molecular flexibility index (Phi) is 19.6. The molecule has 0 amide bonds. The number of ether oxygens (including phenoxy) is 4. The van der Waals surface area contributed by atoms with Crippen LogP contribution in [0.5, 0.6) is 0 Å². The zero-order valence-corrected chi connectivity index (χ0v) is 35.1. The van der Waals surface area contributed by atoms with Crippen LogP contribution in [0.15, 0.2) is 24.3 Å². The van der Waals surface area contributed by atoms with Crippen LogP contribution >= 0.6 is 0 Å². The lowest BCUT2D eigenvalue weighted by molar-refractivity contribution is -0.159. The Morgan fingerprint density at radius 1 is 0.642 bits per heavy atom. The van der Waals surface area contributed by atoms with E-state index in [2.05, 4.69) is 9.80 Å². The van der Waals surface area contributed by atoms with Gasteiger partial charge in [0.05, 0.1) is 31.8 Å². The summed E-state index contributed by atoms with van der Waals surface area (Å²) < 4.78 is 21.9. The molecule has 1 heterocycles. The average molecular weight is 750 g/mol. The second kappa shape index (κ2) is 21.7. The van der Waals surface area contributed by atoms with E-state index < -0.39 is 16.8 Å². The highest BCUT2D eigenvalue weighted by molar-refractivity contribution is 5.73. The van der Waals surface area contributed by atoms with E-state index in [0.29, 0.717) is 57.9 Å². The van der Waals surface area contributed by atoms with Gasteiger partial charge in [0.2, 0.25) is 0 Å². The van der Waals surface area contributed by atoms with Crippen LogP contribution in [0.3, 0.4) is 0 Å².